The van der Waals surface area contributed by atoms with Crippen LogP contribution in [0.1, 0.15) is 22.6 Å². The molecule has 0 aliphatic carbocycles. The molecule has 0 bridgehead atoms. The lowest BCUT2D eigenvalue weighted by molar-refractivity contribution is 0.602. The van der Waals surface area contributed by atoms with Crippen LogP contribution in [0.5, 0.6) is 0 Å². The van der Waals surface area contributed by atoms with Gasteiger partial charge in [-0.25, -0.2) is 13.4 Å². The number of hydrogen-bond acceptors (Lipinski definition) is 6. The van der Waals surface area contributed by atoms with Gasteiger partial charge in [-0.2, -0.15) is 0 Å². The summed E-state index contributed by atoms with van der Waals surface area (Å²) in [5.41, 5.74) is 3.61. The van der Waals surface area contributed by atoms with E-state index in [1.807, 2.05) is 48.8 Å². The number of nitrogens with one attached hydrogen (secondary N) is 1. The van der Waals surface area contributed by atoms with E-state index in [2.05, 4.69) is 20.3 Å². The predicted molar refractivity (Wildman–Crippen MR) is 121 cm³/mol. The van der Waals surface area contributed by atoms with E-state index in [1.165, 1.54) is 6.26 Å². The molecule has 4 rings (SSSR count). The molecule has 7 heteroatoms. The number of hydrogen-bond donors (Lipinski definition) is 1. The van der Waals surface area contributed by atoms with E-state index in [9.17, 15) is 8.42 Å². The zero-order valence-electron chi connectivity index (χ0n) is 17.0. The minimum atomic E-state index is -3.38. The average Bonchev–Trinajstić information content (AvgIpc) is 2.79. The molecule has 0 spiro atoms. The Bertz CT molecular complexity index is 1220. The van der Waals surface area contributed by atoms with Crippen molar-refractivity contribution in [2.75, 3.05) is 11.6 Å². The molecule has 0 amide bonds. The lowest BCUT2D eigenvalue weighted by Crippen LogP contribution is -2.09. The maximum Gasteiger partial charge on any atom is 0.177 e. The Morgan fingerprint density at radius 3 is 2.10 bits per heavy atom. The molecule has 0 saturated heterocycles. The first-order valence-corrected chi connectivity index (χ1v) is 11.7. The summed E-state index contributed by atoms with van der Waals surface area (Å²) in [6.07, 6.45) is 10.8. The van der Waals surface area contributed by atoms with Gasteiger partial charge in [-0.1, -0.05) is 30.3 Å². The molecule has 31 heavy (non-hydrogen) atoms. The van der Waals surface area contributed by atoms with Crippen molar-refractivity contribution < 1.29 is 8.42 Å². The van der Waals surface area contributed by atoms with Crippen molar-refractivity contribution in [3.8, 4) is 0 Å². The molecule has 156 valence electrons. The largest absolute Gasteiger partial charge is 0.339 e. The highest BCUT2D eigenvalue weighted by atomic mass is 32.2. The fourth-order valence-electron chi connectivity index (χ4n) is 3.55. The molecule has 0 atom stereocenters. The second kappa shape index (κ2) is 9.06. The summed E-state index contributed by atoms with van der Waals surface area (Å²) in [5, 5.41) is 3.23. The second-order valence-corrected chi connectivity index (χ2v) is 9.22. The van der Waals surface area contributed by atoms with Gasteiger partial charge in [0, 0.05) is 43.2 Å². The number of anilines is 2. The number of sulfone groups is 1. The van der Waals surface area contributed by atoms with Crippen molar-refractivity contribution in [1.29, 1.82) is 0 Å². The number of pyridine rings is 3. The maximum absolute atomic E-state index is 12.2. The number of benzene rings is 1. The minimum absolute atomic E-state index is 0.0253. The third-order valence-electron chi connectivity index (χ3n) is 5.03. The van der Waals surface area contributed by atoms with E-state index >= 15 is 0 Å². The predicted octanol–water partition coefficient (Wildman–Crippen LogP) is 4.39. The molecule has 4 aromatic rings. The van der Waals surface area contributed by atoms with Gasteiger partial charge in [0.15, 0.2) is 9.84 Å². The Kier molecular flexibility index (Phi) is 6.04. The Balaban J connectivity index is 1.72. The third-order valence-corrected chi connectivity index (χ3v) is 6.18. The molecule has 3 heterocycles. The lowest BCUT2D eigenvalue weighted by atomic mass is 9.87. The fraction of sp³-hybridized carbons (Fsp3) is 0.125. The molecule has 3 aromatic heterocycles. The van der Waals surface area contributed by atoms with Crippen LogP contribution in [-0.2, 0) is 16.3 Å². The smallest absolute Gasteiger partial charge is 0.177 e. The SMILES string of the molecule is CS(=O)(=O)c1ccccc1Nc1ncccc1CC(c1cccnc1)c1cccnc1. The molecule has 0 aliphatic rings. The molecule has 0 radical (unpaired) electrons. The monoisotopic (exact) mass is 430 g/mol. The van der Waals surface area contributed by atoms with Crippen LogP contribution < -0.4 is 5.32 Å². The normalized spacial score (nSPS) is 11.4. The van der Waals surface area contributed by atoms with Crippen LogP contribution >= 0.6 is 0 Å². The standard InChI is InChI=1S/C24H22N4O2S/c1-31(29,30)23-11-3-2-10-22(23)28-24-18(7-6-14-27-24)15-21(19-8-4-12-25-16-19)20-9-5-13-26-17-20/h2-14,16-17,21H,15H2,1H3,(H,27,28). The number of rotatable bonds is 7. The summed E-state index contributed by atoms with van der Waals surface area (Å²) in [7, 11) is -3.38. The van der Waals surface area contributed by atoms with Gasteiger partial charge in [-0.05, 0) is 53.4 Å². The van der Waals surface area contributed by atoms with E-state index in [0.29, 0.717) is 17.9 Å². The summed E-state index contributed by atoms with van der Waals surface area (Å²) in [5.74, 6) is 0.647. The van der Waals surface area contributed by atoms with Crippen LogP contribution in [0.3, 0.4) is 0 Å². The Morgan fingerprint density at radius 2 is 1.48 bits per heavy atom. The Morgan fingerprint density at radius 1 is 0.839 bits per heavy atom. The zero-order valence-corrected chi connectivity index (χ0v) is 17.8. The van der Waals surface area contributed by atoms with Gasteiger partial charge in [-0.3, -0.25) is 9.97 Å². The molecule has 1 N–H and O–H groups in total. The van der Waals surface area contributed by atoms with Crippen LogP contribution in [0.25, 0.3) is 0 Å². The van der Waals surface area contributed by atoms with E-state index in [4.69, 9.17) is 0 Å². The molecule has 1 aromatic carbocycles. The van der Waals surface area contributed by atoms with Gasteiger partial charge in [0.1, 0.15) is 5.82 Å². The molecule has 0 unspecified atom stereocenters. The van der Waals surface area contributed by atoms with Gasteiger partial charge < -0.3 is 5.32 Å². The van der Waals surface area contributed by atoms with E-state index in [0.717, 1.165) is 16.7 Å². The summed E-state index contributed by atoms with van der Waals surface area (Å²) >= 11 is 0. The summed E-state index contributed by atoms with van der Waals surface area (Å²) < 4.78 is 24.4. The molecular weight excluding hydrogens is 408 g/mol. The van der Waals surface area contributed by atoms with Crippen molar-refractivity contribution >= 4 is 21.3 Å². The molecule has 0 aliphatic heterocycles. The van der Waals surface area contributed by atoms with Crippen molar-refractivity contribution in [3.05, 3.63) is 108 Å². The van der Waals surface area contributed by atoms with Crippen LogP contribution in [0, 0.1) is 0 Å². The lowest BCUT2D eigenvalue weighted by Gasteiger charge is -2.20. The highest BCUT2D eigenvalue weighted by molar-refractivity contribution is 7.90. The first-order valence-electron chi connectivity index (χ1n) is 9.82. The van der Waals surface area contributed by atoms with Gasteiger partial charge >= 0.3 is 0 Å². The zero-order chi connectivity index (χ0) is 21.7. The molecule has 0 saturated carbocycles. The van der Waals surface area contributed by atoms with Gasteiger partial charge in [-0.15, -0.1) is 0 Å². The first-order chi connectivity index (χ1) is 15.0. The Labute approximate surface area is 182 Å². The van der Waals surface area contributed by atoms with Crippen molar-refractivity contribution in [1.82, 2.24) is 15.0 Å². The highest BCUT2D eigenvalue weighted by Gasteiger charge is 2.19. The van der Waals surface area contributed by atoms with Crippen LogP contribution in [0.15, 0.2) is 96.5 Å². The molecule has 6 nitrogen and oxygen atoms in total. The first kappa shape index (κ1) is 20.7. The van der Waals surface area contributed by atoms with Gasteiger partial charge in [0.25, 0.3) is 0 Å². The van der Waals surface area contributed by atoms with Crippen molar-refractivity contribution in [3.63, 3.8) is 0 Å². The van der Waals surface area contributed by atoms with Gasteiger partial charge in [0.05, 0.1) is 10.6 Å². The minimum Gasteiger partial charge on any atom is -0.339 e. The maximum atomic E-state index is 12.2. The van der Waals surface area contributed by atoms with Crippen LogP contribution in [0.4, 0.5) is 11.5 Å². The van der Waals surface area contributed by atoms with Crippen LogP contribution in [0.2, 0.25) is 0 Å². The summed E-state index contributed by atoms with van der Waals surface area (Å²) in [4.78, 5) is 13.3. The fourth-order valence-corrected chi connectivity index (χ4v) is 4.39. The molecular formula is C24H22N4O2S. The summed E-state index contributed by atoms with van der Waals surface area (Å²) in [6.45, 7) is 0. The van der Waals surface area contributed by atoms with Crippen LogP contribution in [-0.4, -0.2) is 29.6 Å². The van der Waals surface area contributed by atoms with Gasteiger partial charge in [0.2, 0.25) is 0 Å². The molecule has 0 fully saturated rings. The Hall–Kier alpha value is -3.58. The topological polar surface area (TPSA) is 84.8 Å². The van der Waals surface area contributed by atoms with Crippen molar-refractivity contribution in [2.24, 2.45) is 0 Å². The quantitative estimate of drug-likeness (QED) is 0.468. The second-order valence-electron chi connectivity index (χ2n) is 7.23. The van der Waals surface area contributed by atoms with E-state index in [-0.39, 0.29) is 10.8 Å². The average molecular weight is 431 g/mol. The number of para-hydroxylation sites is 1. The van der Waals surface area contributed by atoms with Crippen molar-refractivity contribution in [2.45, 2.75) is 17.2 Å². The van der Waals surface area contributed by atoms with E-state index in [1.54, 1.807) is 42.9 Å². The highest BCUT2D eigenvalue weighted by Crippen LogP contribution is 2.31. The third kappa shape index (κ3) is 4.95. The summed E-state index contributed by atoms with van der Waals surface area (Å²) in [6, 6.07) is 18.7. The number of nitrogens with zero attached hydrogens (tertiary/aromatic N) is 3. The number of aromatic nitrogens is 3. The van der Waals surface area contributed by atoms with E-state index < -0.39 is 9.84 Å².